The zero-order chi connectivity index (χ0) is 12.8. The molecule has 6 nitrogen and oxygen atoms in total. The number of amides is 1. The summed E-state index contributed by atoms with van der Waals surface area (Å²) in [4.78, 5) is 11.0. The Balaban J connectivity index is 4.36. The van der Waals surface area contributed by atoms with E-state index in [1.807, 2.05) is 0 Å². The van der Waals surface area contributed by atoms with Crippen LogP contribution >= 0.6 is 0 Å². The van der Waals surface area contributed by atoms with E-state index in [0.717, 1.165) is 19.3 Å². The van der Waals surface area contributed by atoms with E-state index in [9.17, 15) is 13.2 Å². The number of carbonyl (C=O) groups excluding carboxylic acids is 1. The first-order valence-electron chi connectivity index (χ1n) is 5.28. The fourth-order valence-electron chi connectivity index (χ4n) is 1.43. The van der Waals surface area contributed by atoms with E-state index in [1.54, 1.807) is 6.92 Å². The molecule has 0 aromatic heterocycles. The summed E-state index contributed by atoms with van der Waals surface area (Å²) in [5.41, 5.74) is 5.07. The molecular formula is C9H20N2O4S. The topological polar surface area (TPSA) is 112 Å². The predicted molar refractivity (Wildman–Crippen MR) is 60.5 cm³/mol. The van der Waals surface area contributed by atoms with Crippen LogP contribution in [0.25, 0.3) is 0 Å². The molecule has 0 aliphatic rings. The largest absolute Gasteiger partial charge is 0.367 e. The van der Waals surface area contributed by atoms with Crippen molar-refractivity contribution < 1.29 is 17.4 Å². The van der Waals surface area contributed by atoms with E-state index in [0.29, 0.717) is 6.42 Å². The van der Waals surface area contributed by atoms with E-state index < -0.39 is 22.3 Å². The minimum absolute atomic E-state index is 0.262. The van der Waals surface area contributed by atoms with Crippen LogP contribution in [0.4, 0.5) is 0 Å². The monoisotopic (exact) mass is 252 g/mol. The average Bonchev–Trinajstić information content (AvgIpc) is 2.12. The lowest BCUT2D eigenvalue weighted by molar-refractivity contribution is -0.126. The minimum Gasteiger partial charge on any atom is -0.367 e. The first-order chi connectivity index (χ1) is 7.28. The van der Waals surface area contributed by atoms with E-state index in [2.05, 4.69) is 11.1 Å². The molecule has 0 spiro atoms. The lowest BCUT2D eigenvalue weighted by Crippen LogP contribution is -2.39. The van der Waals surface area contributed by atoms with Gasteiger partial charge in [0, 0.05) is 0 Å². The molecule has 0 heterocycles. The summed E-state index contributed by atoms with van der Waals surface area (Å²) in [6, 6.07) is 0. The van der Waals surface area contributed by atoms with Gasteiger partial charge in [0.25, 0.3) is 0 Å². The highest BCUT2D eigenvalue weighted by Crippen LogP contribution is 2.16. The highest BCUT2D eigenvalue weighted by molar-refractivity contribution is 7.84. The first-order valence-corrected chi connectivity index (χ1v) is 6.75. The lowest BCUT2D eigenvalue weighted by atomic mass is 9.97. The van der Waals surface area contributed by atoms with Crippen molar-refractivity contribution in [1.82, 2.24) is 0 Å². The predicted octanol–water partition coefficient (Wildman–Crippen LogP) is 0.277. The summed E-state index contributed by atoms with van der Waals surface area (Å²) in [7, 11) is -4.14. The second-order valence-electron chi connectivity index (χ2n) is 3.89. The Bertz CT molecular complexity index is 315. The van der Waals surface area contributed by atoms with E-state index >= 15 is 0 Å². The standard InChI is InChI=1S/C9H20N2O4S/c1-3-4-5-6-7(2)8(9(10)12)15-16(11,13)14/h7-8H,3-6H2,1-2H3,(H2,10,12)(H2,11,13,14). The van der Waals surface area contributed by atoms with Crippen LogP contribution in [0.15, 0.2) is 0 Å². The quantitative estimate of drug-likeness (QED) is 0.604. The van der Waals surface area contributed by atoms with Crippen molar-refractivity contribution in [3.63, 3.8) is 0 Å². The summed E-state index contributed by atoms with van der Waals surface area (Å²) < 4.78 is 25.9. The van der Waals surface area contributed by atoms with Gasteiger partial charge in [0.05, 0.1) is 0 Å². The Hall–Kier alpha value is -0.660. The minimum atomic E-state index is -4.14. The Kier molecular flexibility index (Phi) is 6.54. The molecule has 0 rings (SSSR count). The molecular weight excluding hydrogens is 232 g/mol. The van der Waals surface area contributed by atoms with Gasteiger partial charge in [-0.25, -0.2) is 9.32 Å². The van der Waals surface area contributed by atoms with Crippen molar-refractivity contribution in [3.8, 4) is 0 Å². The Morgan fingerprint density at radius 3 is 2.31 bits per heavy atom. The number of nitrogens with two attached hydrogens (primary N) is 2. The Morgan fingerprint density at radius 2 is 1.94 bits per heavy atom. The molecule has 0 bridgehead atoms. The first kappa shape index (κ1) is 15.3. The van der Waals surface area contributed by atoms with Crippen LogP contribution in [0.1, 0.15) is 39.5 Å². The van der Waals surface area contributed by atoms with Crippen molar-refractivity contribution in [2.45, 2.75) is 45.6 Å². The number of rotatable bonds is 8. The van der Waals surface area contributed by atoms with Crippen LogP contribution in [0.3, 0.4) is 0 Å². The molecule has 0 aromatic rings. The smallest absolute Gasteiger partial charge is 0.334 e. The van der Waals surface area contributed by atoms with Crippen molar-refractivity contribution in [3.05, 3.63) is 0 Å². The molecule has 0 saturated heterocycles. The van der Waals surface area contributed by atoms with Gasteiger partial charge >= 0.3 is 10.3 Å². The van der Waals surface area contributed by atoms with Crippen LogP contribution in [0.5, 0.6) is 0 Å². The van der Waals surface area contributed by atoms with Gasteiger partial charge in [0.15, 0.2) is 6.10 Å². The number of carbonyl (C=O) groups is 1. The average molecular weight is 252 g/mol. The van der Waals surface area contributed by atoms with Crippen molar-refractivity contribution in [1.29, 1.82) is 0 Å². The molecule has 96 valence electrons. The molecule has 2 atom stereocenters. The zero-order valence-corrected chi connectivity index (χ0v) is 10.5. The van der Waals surface area contributed by atoms with Gasteiger partial charge in [0.2, 0.25) is 5.91 Å². The van der Waals surface area contributed by atoms with Crippen LogP contribution in [0, 0.1) is 5.92 Å². The molecule has 0 aromatic carbocycles. The highest BCUT2D eigenvalue weighted by Gasteiger charge is 2.27. The summed E-state index contributed by atoms with van der Waals surface area (Å²) in [5, 5.41) is 4.71. The maximum atomic E-state index is 11.0. The molecule has 0 saturated carbocycles. The molecule has 2 unspecified atom stereocenters. The number of hydrogen-bond donors (Lipinski definition) is 2. The zero-order valence-electron chi connectivity index (χ0n) is 9.68. The van der Waals surface area contributed by atoms with E-state index in [4.69, 9.17) is 10.9 Å². The number of hydrogen-bond acceptors (Lipinski definition) is 4. The van der Waals surface area contributed by atoms with Crippen molar-refractivity contribution >= 4 is 16.2 Å². The van der Waals surface area contributed by atoms with Crippen LogP contribution < -0.4 is 10.9 Å². The number of unbranched alkanes of at least 4 members (excludes halogenated alkanes) is 2. The summed E-state index contributed by atoms with van der Waals surface area (Å²) >= 11 is 0. The fraction of sp³-hybridized carbons (Fsp3) is 0.889. The molecule has 0 fully saturated rings. The molecule has 4 N–H and O–H groups in total. The second kappa shape index (κ2) is 6.82. The van der Waals surface area contributed by atoms with Crippen molar-refractivity contribution in [2.75, 3.05) is 0 Å². The van der Waals surface area contributed by atoms with Gasteiger partial charge in [-0.1, -0.05) is 33.1 Å². The summed E-state index contributed by atoms with van der Waals surface area (Å²) in [6.45, 7) is 3.77. The molecule has 7 heteroatoms. The van der Waals surface area contributed by atoms with Crippen LogP contribution in [0.2, 0.25) is 0 Å². The lowest BCUT2D eigenvalue weighted by Gasteiger charge is -2.19. The van der Waals surface area contributed by atoms with Gasteiger partial charge in [0.1, 0.15) is 0 Å². The van der Waals surface area contributed by atoms with Gasteiger partial charge in [-0.3, -0.25) is 4.79 Å². The number of primary amides is 1. The maximum absolute atomic E-state index is 11.0. The van der Waals surface area contributed by atoms with Crippen molar-refractivity contribution in [2.24, 2.45) is 16.8 Å². The van der Waals surface area contributed by atoms with Crippen LogP contribution in [-0.2, 0) is 19.3 Å². The summed E-state index contributed by atoms with van der Waals surface area (Å²) in [6.07, 6.45) is 2.47. The third-order valence-corrected chi connectivity index (χ3v) is 2.77. The highest BCUT2D eigenvalue weighted by atomic mass is 32.2. The molecule has 0 aliphatic heterocycles. The summed E-state index contributed by atoms with van der Waals surface area (Å²) in [5.74, 6) is -1.07. The molecule has 1 amide bonds. The Labute approximate surface area is 96.6 Å². The van der Waals surface area contributed by atoms with Gasteiger partial charge in [-0.15, -0.1) is 0 Å². The van der Waals surface area contributed by atoms with Crippen LogP contribution in [-0.4, -0.2) is 20.4 Å². The van der Waals surface area contributed by atoms with E-state index in [-0.39, 0.29) is 5.92 Å². The van der Waals surface area contributed by atoms with E-state index in [1.165, 1.54) is 0 Å². The normalized spacial score (nSPS) is 15.7. The fourth-order valence-corrected chi connectivity index (χ4v) is 2.01. The maximum Gasteiger partial charge on any atom is 0.334 e. The van der Waals surface area contributed by atoms with Gasteiger partial charge < -0.3 is 5.73 Å². The second-order valence-corrected chi connectivity index (χ2v) is 5.06. The van der Waals surface area contributed by atoms with Gasteiger partial charge in [-0.2, -0.15) is 8.42 Å². The molecule has 16 heavy (non-hydrogen) atoms. The molecule has 0 radical (unpaired) electrons. The third kappa shape index (κ3) is 6.76. The van der Waals surface area contributed by atoms with Gasteiger partial charge in [-0.05, 0) is 12.3 Å². The SMILES string of the molecule is CCCCCC(C)C(OS(N)(=O)=O)C(N)=O. The molecule has 0 aliphatic carbocycles. The Morgan fingerprint density at radius 1 is 1.38 bits per heavy atom. The third-order valence-electron chi connectivity index (χ3n) is 2.30.